The van der Waals surface area contributed by atoms with Crippen LogP contribution in [-0.2, 0) is 0 Å². The molecule has 2 nitrogen and oxygen atoms in total. The van der Waals surface area contributed by atoms with Gasteiger partial charge in [-0.25, -0.2) is 0 Å². The number of nitrogens with one attached hydrogen (secondary N) is 1. The summed E-state index contributed by atoms with van der Waals surface area (Å²) in [6.07, 6.45) is 3.60. The smallest absolute Gasteiger partial charge is 0.185 e. The minimum atomic E-state index is 0.0102. The van der Waals surface area contributed by atoms with Crippen molar-refractivity contribution >= 4 is 22.8 Å². The molecule has 3 aromatic carbocycles. The van der Waals surface area contributed by atoms with E-state index in [2.05, 4.69) is 42.2 Å². The minimum Gasteiger partial charge on any atom is -0.354 e. The van der Waals surface area contributed by atoms with Crippen LogP contribution < -0.4 is 0 Å². The first kappa shape index (κ1) is 17.0. The van der Waals surface area contributed by atoms with Crippen LogP contribution in [0.25, 0.3) is 28.2 Å². The average Bonchev–Trinajstić information content (AvgIpc) is 3.05. The SMILES string of the molecule is Cc1ccc(C(=O)/C=C/c2c(-c3ccccc3)[nH]c3ccc(C)cc23)cc1. The molecule has 0 fully saturated rings. The molecule has 0 aliphatic carbocycles. The highest BCUT2D eigenvalue weighted by Gasteiger charge is 2.12. The molecule has 0 atom stereocenters. The second-order valence-electron chi connectivity index (χ2n) is 6.89. The Balaban J connectivity index is 1.80. The summed E-state index contributed by atoms with van der Waals surface area (Å²) in [5.74, 6) is 0.0102. The summed E-state index contributed by atoms with van der Waals surface area (Å²) in [5, 5.41) is 1.13. The van der Waals surface area contributed by atoms with E-state index in [4.69, 9.17) is 0 Å². The van der Waals surface area contributed by atoms with Gasteiger partial charge in [-0.05, 0) is 43.7 Å². The Labute approximate surface area is 159 Å². The molecular weight excluding hydrogens is 330 g/mol. The molecule has 0 aliphatic heterocycles. The Hall–Kier alpha value is -3.39. The molecule has 1 N–H and O–H groups in total. The van der Waals surface area contributed by atoms with E-state index in [1.807, 2.05) is 55.5 Å². The summed E-state index contributed by atoms with van der Waals surface area (Å²) in [6.45, 7) is 4.10. The van der Waals surface area contributed by atoms with E-state index < -0.39 is 0 Å². The summed E-state index contributed by atoms with van der Waals surface area (Å²) in [4.78, 5) is 16.1. The van der Waals surface area contributed by atoms with E-state index >= 15 is 0 Å². The number of hydrogen-bond donors (Lipinski definition) is 1. The van der Waals surface area contributed by atoms with Gasteiger partial charge in [-0.3, -0.25) is 4.79 Å². The van der Waals surface area contributed by atoms with Gasteiger partial charge in [-0.1, -0.05) is 71.8 Å². The fourth-order valence-corrected chi connectivity index (χ4v) is 3.31. The number of hydrogen-bond acceptors (Lipinski definition) is 1. The Morgan fingerprint density at radius 1 is 0.852 bits per heavy atom. The van der Waals surface area contributed by atoms with Gasteiger partial charge in [0.1, 0.15) is 0 Å². The number of aromatic nitrogens is 1. The van der Waals surface area contributed by atoms with Gasteiger partial charge in [0.25, 0.3) is 0 Å². The second-order valence-corrected chi connectivity index (χ2v) is 6.89. The molecule has 0 bridgehead atoms. The number of rotatable bonds is 4. The Morgan fingerprint density at radius 2 is 1.56 bits per heavy atom. The summed E-state index contributed by atoms with van der Waals surface area (Å²) in [5.41, 5.74) is 7.30. The maximum absolute atomic E-state index is 12.6. The predicted octanol–water partition coefficient (Wildman–Crippen LogP) is 6.35. The van der Waals surface area contributed by atoms with Crippen LogP contribution in [0.4, 0.5) is 0 Å². The Kier molecular flexibility index (Phi) is 4.47. The zero-order chi connectivity index (χ0) is 18.8. The molecule has 2 heteroatoms. The molecule has 0 amide bonds. The molecule has 27 heavy (non-hydrogen) atoms. The predicted molar refractivity (Wildman–Crippen MR) is 113 cm³/mol. The Morgan fingerprint density at radius 3 is 2.30 bits per heavy atom. The molecule has 0 unspecified atom stereocenters. The fourth-order valence-electron chi connectivity index (χ4n) is 3.31. The monoisotopic (exact) mass is 351 g/mol. The van der Waals surface area contributed by atoms with Crippen LogP contribution in [0.5, 0.6) is 0 Å². The molecule has 0 radical (unpaired) electrons. The fraction of sp³-hybridized carbons (Fsp3) is 0.0800. The molecule has 1 heterocycles. The van der Waals surface area contributed by atoms with Crippen molar-refractivity contribution in [3.05, 3.63) is 101 Å². The molecule has 4 aromatic rings. The first-order valence-electron chi connectivity index (χ1n) is 9.08. The number of carbonyl (C=O) groups excluding carboxylic acids is 1. The number of benzene rings is 3. The molecule has 4 rings (SSSR count). The van der Waals surface area contributed by atoms with Gasteiger partial charge < -0.3 is 4.98 Å². The van der Waals surface area contributed by atoms with Crippen molar-refractivity contribution in [2.45, 2.75) is 13.8 Å². The van der Waals surface area contributed by atoms with E-state index in [0.717, 1.165) is 33.3 Å². The number of fused-ring (bicyclic) bond motifs is 1. The van der Waals surface area contributed by atoms with E-state index in [1.165, 1.54) is 5.56 Å². The van der Waals surface area contributed by atoms with Gasteiger partial charge in [0, 0.05) is 22.0 Å². The van der Waals surface area contributed by atoms with E-state index in [0.29, 0.717) is 5.56 Å². The van der Waals surface area contributed by atoms with Crippen LogP contribution >= 0.6 is 0 Å². The molecule has 0 spiro atoms. The number of allylic oxidation sites excluding steroid dienone is 1. The van der Waals surface area contributed by atoms with Crippen LogP contribution in [0.3, 0.4) is 0 Å². The van der Waals surface area contributed by atoms with E-state index in [-0.39, 0.29) is 5.78 Å². The number of carbonyl (C=O) groups is 1. The van der Waals surface area contributed by atoms with E-state index in [1.54, 1.807) is 6.08 Å². The van der Waals surface area contributed by atoms with Crippen molar-refractivity contribution in [1.29, 1.82) is 0 Å². The summed E-state index contributed by atoms with van der Waals surface area (Å²) in [7, 11) is 0. The molecule has 0 aliphatic rings. The zero-order valence-electron chi connectivity index (χ0n) is 15.5. The highest BCUT2D eigenvalue weighted by Crippen LogP contribution is 2.32. The zero-order valence-corrected chi connectivity index (χ0v) is 15.5. The lowest BCUT2D eigenvalue weighted by Crippen LogP contribution is -1.93. The van der Waals surface area contributed by atoms with Crippen LogP contribution in [0, 0.1) is 13.8 Å². The summed E-state index contributed by atoms with van der Waals surface area (Å²) < 4.78 is 0. The second kappa shape index (κ2) is 7.08. The molecule has 132 valence electrons. The summed E-state index contributed by atoms with van der Waals surface area (Å²) in [6, 6.07) is 24.2. The van der Waals surface area contributed by atoms with Gasteiger partial charge >= 0.3 is 0 Å². The molecular formula is C25H21NO. The number of aryl methyl sites for hydroxylation is 2. The molecule has 0 saturated heterocycles. The lowest BCUT2D eigenvalue weighted by Gasteiger charge is -2.02. The van der Waals surface area contributed by atoms with Crippen LogP contribution in [-0.4, -0.2) is 10.8 Å². The van der Waals surface area contributed by atoms with Crippen molar-refractivity contribution in [2.75, 3.05) is 0 Å². The normalized spacial score (nSPS) is 11.3. The van der Waals surface area contributed by atoms with Gasteiger partial charge in [0.2, 0.25) is 0 Å². The van der Waals surface area contributed by atoms with Crippen molar-refractivity contribution in [3.63, 3.8) is 0 Å². The van der Waals surface area contributed by atoms with Crippen molar-refractivity contribution in [3.8, 4) is 11.3 Å². The number of aromatic amines is 1. The summed E-state index contributed by atoms with van der Waals surface area (Å²) >= 11 is 0. The van der Waals surface area contributed by atoms with Crippen LogP contribution in [0.2, 0.25) is 0 Å². The van der Waals surface area contributed by atoms with Gasteiger partial charge in [-0.15, -0.1) is 0 Å². The molecule has 0 saturated carbocycles. The lowest BCUT2D eigenvalue weighted by atomic mass is 10.0. The average molecular weight is 351 g/mol. The highest BCUT2D eigenvalue weighted by atomic mass is 16.1. The quantitative estimate of drug-likeness (QED) is 0.337. The van der Waals surface area contributed by atoms with Crippen molar-refractivity contribution < 1.29 is 4.79 Å². The maximum atomic E-state index is 12.6. The van der Waals surface area contributed by atoms with E-state index in [9.17, 15) is 4.79 Å². The Bertz CT molecular complexity index is 1130. The maximum Gasteiger partial charge on any atom is 0.185 e. The third kappa shape index (κ3) is 3.47. The number of ketones is 1. The first-order valence-corrected chi connectivity index (χ1v) is 9.08. The largest absolute Gasteiger partial charge is 0.354 e. The first-order chi connectivity index (χ1) is 13.1. The van der Waals surface area contributed by atoms with Crippen LogP contribution in [0.15, 0.2) is 78.9 Å². The lowest BCUT2D eigenvalue weighted by molar-refractivity contribution is 0.104. The standard InChI is InChI=1S/C25H21NO/c1-17-8-11-19(12-9-17)24(27)15-13-21-22-16-18(2)10-14-23(22)26-25(21)20-6-4-3-5-7-20/h3-16,26H,1-2H3/b15-13+. The van der Waals surface area contributed by atoms with Crippen molar-refractivity contribution in [2.24, 2.45) is 0 Å². The highest BCUT2D eigenvalue weighted by molar-refractivity contribution is 6.09. The van der Waals surface area contributed by atoms with Crippen molar-refractivity contribution in [1.82, 2.24) is 4.98 Å². The van der Waals surface area contributed by atoms with Gasteiger partial charge in [0.05, 0.1) is 5.69 Å². The third-order valence-electron chi connectivity index (χ3n) is 4.79. The van der Waals surface area contributed by atoms with Gasteiger partial charge in [0.15, 0.2) is 5.78 Å². The topological polar surface area (TPSA) is 32.9 Å². The molecule has 1 aromatic heterocycles. The van der Waals surface area contributed by atoms with Crippen LogP contribution in [0.1, 0.15) is 27.0 Å². The third-order valence-corrected chi connectivity index (χ3v) is 4.79. The van der Waals surface area contributed by atoms with Gasteiger partial charge in [-0.2, -0.15) is 0 Å². The minimum absolute atomic E-state index is 0.0102. The number of H-pyrrole nitrogens is 1.